The van der Waals surface area contributed by atoms with E-state index >= 15 is 0 Å². The standard InChI is InChI=1S/C10H14ClN3OS/c11-8-5-14-9(16-8)6-13-7-3-1-2-4-12-10(7)15/h5,7,13H,1-4,6H2,(H,12,15). The first-order valence-corrected chi connectivity index (χ1v) is 6.56. The van der Waals surface area contributed by atoms with Crippen molar-refractivity contribution in [3.05, 3.63) is 15.5 Å². The first-order chi connectivity index (χ1) is 7.75. The van der Waals surface area contributed by atoms with Crippen molar-refractivity contribution < 1.29 is 4.79 Å². The second-order valence-corrected chi connectivity index (χ2v) is 5.52. The van der Waals surface area contributed by atoms with Crippen LogP contribution in [0.25, 0.3) is 0 Å². The maximum Gasteiger partial charge on any atom is 0.237 e. The Morgan fingerprint density at radius 1 is 1.62 bits per heavy atom. The Labute approximate surface area is 103 Å². The van der Waals surface area contributed by atoms with Crippen molar-refractivity contribution in [2.75, 3.05) is 6.54 Å². The van der Waals surface area contributed by atoms with E-state index in [1.54, 1.807) is 6.20 Å². The number of aromatic nitrogens is 1. The van der Waals surface area contributed by atoms with Crippen LogP contribution in [0.4, 0.5) is 0 Å². The van der Waals surface area contributed by atoms with Crippen LogP contribution in [0.2, 0.25) is 4.34 Å². The van der Waals surface area contributed by atoms with Crippen LogP contribution in [0.1, 0.15) is 24.3 Å². The van der Waals surface area contributed by atoms with Crippen molar-refractivity contribution in [2.45, 2.75) is 31.8 Å². The molecule has 1 saturated heterocycles. The fourth-order valence-electron chi connectivity index (χ4n) is 1.71. The highest BCUT2D eigenvalue weighted by molar-refractivity contribution is 7.15. The predicted octanol–water partition coefficient (Wildman–Crippen LogP) is 1.55. The first-order valence-electron chi connectivity index (χ1n) is 5.37. The van der Waals surface area contributed by atoms with Gasteiger partial charge >= 0.3 is 0 Å². The van der Waals surface area contributed by atoms with Crippen LogP contribution < -0.4 is 10.6 Å². The van der Waals surface area contributed by atoms with Crippen LogP contribution in [0.5, 0.6) is 0 Å². The molecule has 1 aliphatic heterocycles. The van der Waals surface area contributed by atoms with Gasteiger partial charge in [-0.1, -0.05) is 11.6 Å². The smallest absolute Gasteiger partial charge is 0.237 e. The number of nitrogens with zero attached hydrogens (tertiary/aromatic N) is 1. The van der Waals surface area contributed by atoms with Crippen LogP contribution in [-0.2, 0) is 11.3 Å². The minimum Gasteiger partial charge on any atom is -0.355 e. The van der Waals surface area contributed by atoms with E-state index in [1.165, 1.54) is 11.3 Å². The molecule has 1 unspecified atom stereocenters. The summed E-state index contributed by atoms with van der Waals surface area (Å²) < 4.78 is 0.683. The second kappa shape index (κ2) is 5.61. The molecule has 0 saturated carbocycles. The fourth-order valence-corrected chi connectivity index (χ4v) is 2.62. The Morgan fingerprint density at radius 3 is 3.25 bits per heavy atom. The maximum absolute atomic E-state index is 11.6. The molecule has 0 aromatic carbocycles. The normalized spacial score (nSPS) is 21.6. The Kier molecular flexibility index (Phi) is 4.15. The van der Waals surface area contributed by atoms with Gasteiger partial charge in [0, 0.05) is 13.1 Å². The molecule has 2 N–H and O–H groups in total. The van der Waals surface area contributed by atoms with Gasteiger partial charge in [-0.3, -0.25) is 10.1 Å². The summed E-state index contributed by atoms with van der Waals surface area (Å²) in [7, 11) is 0. The summed E-state index contributed by atoms with van der Waals surface area (Å²) in [5.74, 6) is 0.0974. The van der Waals surface area contributed by atoms with E-state index in [1.807, 2.05) is 0 Å². The average Bonchev–Trinajstić information content (AvgIpc) is 2.56. The van der Waals surface area contributed by atoms with E-state index < -0.39 is 0 Å². The third-order valence-electron chi connectivity index (χ3n) is 2.56. The van der Waals surface area contributed by atoms with Crippen LogP contribution >= 0.6 is 22.9 Å². The number of carbonyl (C=O) groups excluding carboxylic acids is 1. The van der Waals surface area contributed by atoms with Crippen LogP contribution in [-0.4, -0.2) is 23.5 Å². The van der Waals surface area contributed by atoms with Gasteiger partial charge in [0.25, 0.3) is 0 Å². The Balaban J connectivity index is 1.86. The zero-order valence-corrected chi connectivity index (χ0v) is 10.4. The molecule has 6 heteroatoms. The highest BCUT2D eigenvalue weighted by Crippen LogP contribution is 2.18. The molecule has 1 aliphatic rings. The molecule has 88 valence electrons. The molecular formula is C10H14ClN3OS. The van der Waals surface area contributed by atoms with Gasteiger partial charge in [-0.15, -0.1) is 11.3 Å². The van der Waals surface area contributed by atoms with Crippen LogP contribution in [0.15, 0.2) is 6.20 Å². The minimum absolute atomic E-state index is 0.0924. The summed E-state index contributed by atoms with van der Waals surface area (Å²) in [6.07, 6.45) is 4.67. The Morgan fingerprint density at radius 2 is 2.50 bits per heavy atom. The van der Waals surface area contributed by atoms with Gasteiger partial charge in [0.05, 0.1) is 12.2 Å². The average molecular weight is 260 g/mol. The number of carbonyl (C=O) groups is 1. The van der Waals surface area contributed by atoms with E-state index in [0.717, 1.165) is 30.8 Å². The fraction of sp³-hybridized carbons (Fsp3) is 0.600. The van der Waals surface area contributed by atoms with Gasteiger partial charge in [-0.2, -0.15) is 0 Å². The quantitative estimate of drug-likeness (QED) is 0.866. The number of thiazole rings is 1. The molecular weight excluding hydrogens is 246 g/mol. The van der Waals surface area contributed by atoms with E-state index in [2.05, 4.69) is 15.6 Å². The molecule has 1 amide bonds. The largest absolute Gasteiger partial charge is 0.355 e. The predicted molar refractivity (Wildman–Crippen MR) is 64.6 cm³/mol. The highest BCUT2D eigenvalue weighted by Gasteiger charge is 2.19. The molecule has 1 aromatic rings. The number of hydrogen-bond acceptors (Lipinski definition) is 4. The van der Waals surface area contributed by atoms with E-state index in [4.69, 9.17) is 11.6 Å². The van der Waals surface area contributed by atoms with Crippen molar-refractivity contribution in [3.8, 4) is 0 Å². The summed E-state index contributed by atoms with van der Waals surface area (Å²) in [4.78, 5) is 15.8. The van der Waals surface area contributed by atoms with Gasteiger partial charge in [0.2, 0.25) is 5.91 Å². The molecule has 1 fully saturated rings. The van der Waals surface area contributed by atoms with Crippen LogP contribution in [0, 0.1) is 0 Å². The SMILES string of the molecule is O=C1NCCCCC1NCc1ncc(Cl)s1. The molecule has 2 rings (SSSR count). The number of amides is 1. The topological polar surface area (TPSA) is 54.0 Å². The van der Waals surface area contributed by atoms with Crippen LogP contribution in [0.3, 0.4) is 0 Å². The summed E-state index contributed by atoms with van der Waals surface area (Å²) in [6, 6.07) is -0.0924. The van der Waals surface area contributed by atoms with Crippen molar-refractivity contribution in [2.24, 2.45) is 0 Å². The lowest BCUT2D eigenvalue weighted by Gasteiger charge is -2.13. The third kappa shape index (κ3) is 3.17. The molecule has 0 radical (unpaired) electrons. The molecule has 2 heterocycles. The molecule has 1 aromatic heterocycles. The highest BCUT2D eigenvalue weighted by atomic mass is 35.5. The maximum atomic E-state index is 11.6. The van der Waals surface area contributed by atoms with Crippen molar-refractivity contribution >= 4 is 28.8 Å². The lowest BCUT2D eigenvalue weighted by molar-refractivity contribution is -0.122. The summed E-state index contributed by atoms with van der Waals surface area (Å²) in [5.41, 5.74) is 0. The molecule has 0 bridgehead atoms. The zero-order chi connectivity index (χ0) is 11.4. The minimum atomic E-state index is -0.0924. The lowest BCUT2D eigenvalue weighted by Crippen LogP contribution is -2.42. The molecule has 0 spiro atoms. The van der Waals surface area contributed by atoms with Gasteiger partial charge in [-0.25, -0.2) is 4.98 Å². The number of rotatable bonds is 3. The van der Waals surface area contributed by atoms with Gasteiger partial charge in [-0.05, 0) is 19.3 Å². The summed E-state index contributed by atoms with van der Waals surface area (Å²) >= 11 is 7.23. The van der Waals surface area contributed by atoms with E-state index in [-0.39, 0.29) is 11.9 Å². The molecule has 16 heavy (non-hydrogen) atoms. The second-order valence-electron chi connectivity index (χ2n) is 3.78. The van der Waals surface area contributed by atoms with Gasteiger partial charge in [0.15, 0.2) is 0 Å². The van der Waals surface area contributed by atoms with Gasteiger partial charge in [0.1, 0.15) is 9.34 Å². The monoisotopic (exact) mass is 259 g/mol. The van der Waals surface area contributed by atoms with E-state index in [0.29, 0.717) is 10.9 Å². The molecule has 1 atom stereocenters. The summed E-state index contributed by atoms with van der Waals surface area (Å²) in [6.45, 7) is 1.40. The van der Waals surface area contributed by atoms with Crippen molar-refractivity contribution in [3.63, 3.8) is 0 Å². The zero-order valence-electron chi connectivity index (χ0n) is 8.83. The first kappa shape index (κ1) is 11.8. The number of hydrogen-bond donors (Lipinski definition) is 2. The van der Waals surface area contributed by atoms with E-state index in [9.17, 15) is 4.79 Å². The number of nitrogens with one attached hydrogen (secondary N) is 2. The van der Waals surface area contributed by atoms with Gasteiger partial charge < -0.3 is 5.32 Å². The Hall–Kier alpha value is -0.650. The van der Waals surface area contributed by atoms with Crippen molar-refractivity contribution in [1.29, 1.82) is 0 Å². The van der Waals surface area contributed by atoms with Crippen molar-refractivity contribution in [1.82, 2.24) is 15.6 Å². The molecule has 0 aliphatic carbocycles. The summed E-state index contributed by atoms with van der Waals surface area (Å²) in [5, 5.41) is 7.03. The lowest BCUT2D eigenvalue weighted by atomic mass is 10.1. The third-order valence-corrected chi connectivity index (χ3v) is 3.68. The number of halogens is 1. The molecule has 4 nitrogen and oxygen atoms in total. The Bertz CT molecular complexity index is 369.